The van der Waals surface area contributed by atoms with E-state index in [0.29, 0.717) is 5.69 Å². The van der Waals surface area contributed by atoms with E-state index >= 15 is 0 Å². The van der Waals surface area contributed by atoms with Crippen molar-refractivity contribution in [1.29, 1.82) is 0 Å². The molecule has 27 heavy (non-hydrogen) atoms. The molecule has 0 spiro atoms. The molecule has 2 fully saturated rings. The third-order valence-electron chi connectivity index (χ3n) is 4.73. The highest BCUT2D eigenvalue weighted by atomic mass is 19.1. The molecule has 3 rings (SSSR count). The topological polar surface area (TPSA) is 100 Å². The second-order valence-electron chi connectivity index (χ2n) is 6.80. The summed E-state index contributed by atoms with van der Waals surface area (Å²) in [7, 11) is 0. The molecule has 148 valence electrons. The Hall–Kier alpha value is -2.39. The number of anilines is 1. The monoisotopic (exact) mass is 381 g/mol. The highest BCUT2D eigenvalue weighted by Crippen LogP contribution is 2.27. The van der Waals surface area contributed by atoms with Crippen LogP contribution in [0.3, 0.4) is 0 Å². The van der Waals surface area contributed by atoms with E-state index in [9.17, 15) is 19.1 Å². The molecule has 0 radical (unpaired) electrons. The van der Waals surface area contributed by atoms with Gasteiger partial charge in [-0.05, 0) is 25.1 Å². The van der Waals surface area contributed by atoms with Crippen molar-refractivity contribution in [2.24, 2.45) is 5.92 Å². The van der Waals surface area contributed by atoms with Crippen LogP contribution in [0.2, 0.25) is 0 Å². The first-order valence-electron chi connectivity index (χ1n) is 8.97. The van der Waals surface area contributed by atoms with Crippen molar-refractivity contribution in [3.8, 4) is 5.75 Å². The van der Waals surface area contributed by atoms with Crippen molar-refractivity contribution < 1.29 is 28.6 Å². The molecule has 9 heteroatoms. The quantitative estimate of drug-likeness (QED) is 0.641. The number of halogens is 1. The number of ether oxygens (including phenoxy) is 2. The SMILES string of the molecule is CC(=O)NC[C@H]1CN(c2ccc(OCC(O)[C@H]3CCNC3)c(F)c2)C(=O)O1. The summed E-state index contributed by atoms with van der Waals surface area (Å²) in [5.74, 6) is -0.714. The van der Waals surface area contributed by atoms with Gasteiger partial charge < -0.3 is 25.2 Å². The molecule has 2 aliphatic heterocycles. The van der Waals surface area contributed by atoms with Crippen molar-refractivity contribution in [3.63, 3.8) is 0 Å². The molecular weight excluding hydrogens is 357 g/mol. The zero-order valence-corrected chi connectivity index (χ0v) is 15.1. The van der Waals surface area contributed by atoms with Crippen molar-refractivity contribution in [1.82, 2.24) is 10.6 Å². The summed E-state index contributed by atoms with van der Waals surface area (Å²) in [6, 6.07) is 4.18. The number of rotatable bonds is 7. The Morgan fingerprint density at radius 3 is 3.04 bits per heavy atom. The van der Waals surface area contributed by atoms with Crippen molar-refractivity contribution in [2.45, 2.75) is 25.6 Å². The van der Waals surface area contributed by atoms with E-state index in [1.165, 1.54) is 24.0 Å². The van der Waals surface area contributed by atoms with Gasteiger partial charge in [0.2, 0.25) is 5.91 Å². The standard InChI is InChI=1S/C18H24FN3O5/c1-11(23)21-8-14-9-22(18(25)27-14)13-2-3-17(15(19)6-13)26-10-16(24)12-4-5-20-7-12/h2-3,6,12,14,16,20,24H,4-5,7-10H2,1H3,(H,21,23)/t12-,14-,16?/m0/s1. The van der Waals surface area contributed by atoms with Crippen LogP contribution in [0.4, 0.5) is 14.9 Å². The number of hydrogen-bond acceptors (Lipinski definition) is 6. The van der Waals surface area contributed by atoms with E-state index in [-0.39, 0.29) is 37.3 Å². The van der Waals surface area contributed by atoms with E-state index in [0.717, 1.165) is 19.5 Å². The van der Waals surface area contributed by atoms with Gasteiger partial charge >= 0.3 is 6.09 Å². The molecule has 0 aliphatic carbocycles. The van der Waals surface area contributed by atoms with E-state index < -0.39 is 24.1 Å². The predicted octanol–water partition coefficient (Wildman–Crippen LogP) is 0.636. The lowest BCUT2D eigenvalue weighted by atomic mass is 10.0. The Labute approximate surface area is 156 Å². The lowest BCUT2D eigenvalue weighted by Crippen LogP contribution is -2.33. The third kappa shape index (κ3) is 4.86. The Morgan fingerprint density at radius 1 is 1.56 bits per heavy atom. The molecule has 2 aliphatic rings. The maximum absolute atomic E-state index is 14.4. The Morgan fingerprint density at radius 2 is 2.37 bits per heavy atom. The van der Waals surface area contributed by atoms with Gasteiger partial charge in [-0.25, -0.2) is 9.18 Å². The maximum Gasteiger partial charge on any atom is 0.414 e. The molecule has 3 N–H and O–H groups in total. The predicted molar refractivity (Wildman–Crippen MR) is 95.2 cm³/mol. The van der Waals surface area contributed by atoms with Gasteiger partial charge in [0.25, 0.3) is 0 Å². The van der Waals surface area contributed by atoms with Gasteiger partial charge in [-0.15, -0.1) is 0 Å². The van der Waals surface area contributed by atoms with Crippen LogP contribution in [0.5, 0.6) is 5.75 Å². The number of carbonyl (C=O) groups excluding carboxylic acids is 2. The molecule has 2 amide bonds. The first-order valence-corrected chi connectivity index (χ1v) is 8.97. The highest BCUT2D eigenvalue weighted by Gasteiger charge is 2.33. The zero-order chi connectivity index (χ0) is 19.4. The first kappa shape index (κ1) is 19.4. The molecule has 1 aromatic rings. The number of benzene rings is 1. The summed E-state index contributed by atoms with van der Waals surface area (Å²) >= 11 is 0. The smallest absolute Gasteiger partial charge is 0.414 e. The lowest BCUT2D eigenvalue weighted by molar-refractivity contribution is -0.119. The van der Waals surface area contributed by atoms with Gasteiger partial charge in [0, 0.05) is 25.5 Å². The van der Waals surface area contributed by atoms with E-state index in [2.05, 4.69) is 10.6 Å². The summed E-state index contributed by atoms with van der Waals surface area (Å²) in [6.45, 7) is 3.39. The van der Waals surface area contributed by atoms with Gasteiger partial charge in [0.1, 0.15) is 12.7 Å². The molecule has 2 saturated heterocycles. The molecule has 3 atom stereocenters. The van der Waals surface area contributed by atoms with Gasteiger partial charge in [0.05, 0.1) is 24.9 Å². The zero-order valence-electron chi connectivity index (χ0n) is 15.1. The number of aliphatic hydroxyl groups is 1. The summed E-state index contributed by atoms with van der Waals surface area (Å²) in [4.78, 5) is 24.2. The molecular formula is C18H24FN3O5. The fraction of sp³-hybridized carbons (Fsp3) is 0.556. The van der Waals surface area contributed by atoms with Crippen LogP contribution < -0.4 is 20.3 Å². The van der Waals surface area contributed by atoms with Crippen molar-refractivity contribution >= 4 is 17.7 Å². The second-order valence-corrected chi connectivity index (χ2v) is 6.80. The maximum atomic E-state index is 14.4. The van der Waals surface area contributed by atoms with Gasteiger partial charge in [-0.3, -0.25) is 9.69 Å². The highest BCUT2D eigenvalue weighted by molar-refractivity contribution is 5.89. The summed E-state index contributed by atoms with van der Waals surface area (Å²) in [5.41, 5.74) is 0.343. The second kappa shape index (κ2) is 8.53. The van der Waals surface area contributed by atoms with E-state index in [1.54, 1.807) is 6.07 Å². The minimum Gasteiger partial charge on any atom is -0.488 e. The molecule has 1 aromatic carbocycles. The first-order chi connectivity index (χ1) is 12.9. The normalized spacial score (nSPS) is 23.2. The molecule has 1 unspecified atom stereocenters. The van der Waals surface area contributed by atoms with Crippen LogP contribution in [-0.2, 0) is 9.53 Å². The number of hydrogen-bond donors (Lipinski definition) is 3. The van der Waals surface area contributed by atoms with Crippen LogP contribution in [0.15, 0.2) is 18.2 Å². The fourth-order valence-corrected chi connectivity index (χ4v) is 3.19. The molecule has 8 nitrogen and oxygen atoms in total. The lowest BCUT2D eigenvalue weighted by Gasteiger charge is -2.19. The van der Waals surface area contributed by atoms with Crippen LogP contribution >= 0.6 is 0 Å². The summed E-state index contributed by atoms with van der Waals surface area (Å²) in [6.07, 6.45) is -0.886. The number of nitrogens with one attached hydrogen (secondary N) is 2. The minimum atomic E-state index is -0.665. The van der Waals surface area contributed by atoms with E-state index in [4.69, 9.17) is 9.47 Å². The largest absolute Gasteiger partial charge is 0.488 e. The van der Waals surface area contributed by atoms with Crippen LogP contribution in [0.25, 0.3) is 0 Å². The molecule has 0 aromatic heterocycles. The number of cyclic esters (lactones) is 1. The fourth-order valence-electron chi connectivity index (χ4n) is 3.19. The Kier molecular flexibility index (Phi) is 6.12. The van der Waals surface area contributed by atoms with E-state index in [1.807, 2.05) is 0 Å². The average molecular weight is 381 g/mol. The third-order valence-corrected chi connectivity index (χ3v) is 4.73. The van der Waals surface area contributed by atoms with Crippen LogP contribution in [-0.4, -0.2) is 62.1 Å². The van der Waals surface area contributed by atoms with Gasteiger partial charge in [-0.2, -0.15) is 0 Å². The number of nitrogens with zero attached hydrogens (tertiary/aromatic N) is 1. The number of aliphatic hydroxyl groups excluding tert-OH is 1. The van der Waals surface area contributed by atoms with Crippen molar-refractivity contribution in [3.05, 3.63) is 24.0 Å². The van der Waals surface area contributed by atoms with Crippen LogP contribution in [0, 0.1) is 11.7 Å². The minimum absolute atomic E-state index is 0.00710. The average Bonchev–Trinajstić information content (AvgIpc) is 3.28. The Bertz CT molecular complexity index is 696. The molecule has 0 saturated carbocycles. The Balaban J connectivity index is 1.57. The molecule has 0 bridgehead atoms. The van der Waals surface area contributed by atoms with Gasteiger partial charge in [0.15, 0.2) is 11.6 Å². The number of amides is 2. The van der Waals surface area contributed by atoms with Gasteiger partial charge in [-0.1, -0.05) is 0 Å². The molecule has 2 heterocycles. The summed E-state index contributed by atoms with van der Waals surface area (Å²) in [5, 5.41) is 15.8. The van der Waals surface area contributed by atoms with Crippen LogP contribution in [0.1, 0.15) is 13.3 Å². The van der Waals surface area contributed by atoms with Crippen molar-refractivity contribution in [2.75, 3.05) is 37.7 Å². The summed E-state index contributed by atoms with van der Waals surface area (Å²) < 4.78 is 24.9. The number of carbonyl (C=O) groups is 2.